The smallest absolute Gasteiger partial charge is 0.421 e. The molecule has 244 valence electrons. The van der Waals surface area contributed by atoms with E-state index < -0.39 is 32.9 Å². The highest BCUT2D eigenvalue weighted by Gasteiger charge is 2.34. The molecule has 0 spiro atoms. The number of amides is 2. The van der Waals surface area contributed by atoms with E-state index in [1.54, 1.807) is 41.0 Å². The SMILES string of the molecule is Cc1ccc(S(=O)(=O)NC(=O)OCCc2ccc(-n3c(CCCN4CCCCC4=O)nc4cc(C(F)(F)F)c(Cl)cc43)cc2)cc1. The van der Waals surface area contributed by atoms with Gasteiger partial charge in [0.1, 0.15) is 5.82 Å². The number of piperidine rings is 1. The minimum absolute atomic E-state index is 0.0621. The molecule has 5 rings (SSSR count). The molecule has 1 aromatic heterocycles. The van der Waals surface area contributed by atoms with Gasteiger partial charge in [0.05, 0.1) is 33.1 Å². The first kappa shape index (κ1) is 33.3. The van der Waals surface area contributed by atoms with Gasteiger partial charge in [-0.2, -0.15) is 13.2 Å². The van der Waals surface area contributed by atoms with Crippen molar-refractivity contribution in [3.63, 3.8) is 0 Å². The third-order valence-corrected chi connectivity index (χ3v) is 9.38. The average Bonchev–Trinajstić information content (AvgIpc) is 3.34. The van der Waals surface area contributed by atoms with Gasteiger partial charge in [0.2, 0.25) is 5.91 Å². The topological polar surface area (TPSA) is 111 Å². The molecule has 14 heteroatoms. The predicted octanol–water partition coefficient (Wildman–Crippen LogP) is 6.61. The van der Waals surface area contributed by atoms with Gasteiger partial charge >= 0.3 is 12.3 Å². The molecule has 4 aromatic rings. The number of likely N-dealkylation sites (tertiary alicyclic amines) is 1. The van der Waals surface area contributed by atoms with Crippen molar-refractivity contribution in [2.24, 2.45) is 0 Å². The third kappa shape index (κ3) is 7.81. The molecule has 0 atom stereocenters. The molecule has 0 aliphatic carbocycles. The van der Waals surface area contributed by atoms with Gasteiger partial charge in [0.15, 0.2) is 0 Å². The molecule has 2 heterocycles. The lowest BCUT2D eigenvalue weighted by Gasteiger charge is -2.26. The number of rotatable bonds is 10. The quantitative estimate of drug-likeness (QED) is 0.203. The molecule has 3 aromatic carbocycles. The van der Waals surface area contributed by atoms with E-state index in [2.05, 4.69) is 4.98 Å². The Morgan fingerprint density at radius 1 is 1.04 bits per heavy atom. The molecule has 9 nitrogen and oxygen atoms in total. The van der Waals surface area contributed by atoms with Gasteiger partial charge in [-0.25, -0.2) is 22.9 Å². The average molecular weight is 677 g/mol. The number of nitrogens with one attached hydrogen (secondary N) is 1. The standard InChI is InChI=1S/C32H32ClF3N4O5S/c1-21-7-13-24(14-8-21)46(43,44)38-31(42)45-18-15-22-9-11-23(12-10-22)40-28-20-26(33)25(32(34,35)36)19-27(28)37-29(40)5-4-17-39-16-3-2-6-30(39)41/h7-14,19-20H,2-6,15-18H2,1H3,(H,38,42). The van der Waals surface area contributed by atoms with Crippen LogP contribution < -0.4 is 4.72 Å². The van der Waals surface area contributed by atoms with Crippen LogP contribution in [0.25, 0.3) is 16.7 Å². The molecule has 1 aliphatic rings. The van der Waals surface area contributed by atoms with Crippen molar-refractivity contribution in [2.45, 2.75) is 56.5 Å². The van der Waals surface area contributed by atoms with Crippen molar-refractivity contribution >= 4 is 44.7 Å². The van der Waals surface area contributed by atoms with E-state index in [1.807, 2.05) is 16.5 Å². The van der Waals surface area contributed by atoms with Crippen LogP contribution in [0.1, 0.15) is 48.2 Å². The van der Waals surface area contributed by atoms with Gasteiger partial charge in [-0.05, 0) is 68.1 Å². The molecule has 1 N–H and O–H groups in total. The zero-order chi connectivity index (χ0) is 33.1. The van der Waals surface area contributed by atoms with Crippen LogP contribution in [0.15, 0.2) is 65.6 Å². The second-order valence-corrected chi connectivity index (χ2v) is 13.2. The van der Waals surface area contributed by atoms with Gasteiger partial charge in [-0.15, -0.1) is 0 Å². The summed E-state index contributed by atoms with van der Waals surface area (Å²) < 4.78 is 74.3. The number of sulfonamides is 1. The number of benzene rings is 3. The summed E-state index contributed by atoms with van der Waals surface area (Å²) in [6.45, 7) is 2.93. The van der Waals surface area contributed by atoms with E-state index in [0.717, 1.165) is 30.0 Å². The molecule has 1 aliphatic heterocycles. The van der Waals surface area contributed by atoms with Gasteiger partial charge in [0.25, 0.3) is 10.0 Å². The highest BCUT2D eigenvalue weighted by atomic mass is 35.5. The molecule has 0 saturated carbocycles. The first-order valence-electron chi connectivity index (χ1n) is 14.7. The summed E-state index contributed by atoms with van der Waals surface area (Å²) in [6.07, 6.45) is -2.15. The number of fused-ring (bicyclic) bond motifs is 1. The van der Waals surface area contributed by atoms with Crippen LogP contribution in [0.2, 0.25) is 5.02 Å². The first-order chi connectivity index (χ1) is 21.8. The Hall–Kier alpha value is -4.10. The maximum atomic E-state index is 13.6. The van der Waals surface area contributed by atoms with Crippen LogP contribution in [0.4, 0.5) is 18.0 Å². The van der Waals surface area contributed by atoms with Crippen molar-refractivity contribution in [2.75, 3.05) is 19.7 Å². The molecule has 0 bridgehead atoms. The van der Waals surface area contributed by atoms with E-state index in [0.29, 0.717) is 49.4 Å². The fraction of sp³-hybridized carbons (Fsp3) is 0.344. The summed E-state index contributed by atoms with van der Waals surface area (Å²) in [5.74, 6) is 0.628. The Balaban J connectivity index is 1.29. The first-order valence-corrected chi connectivity index (χ1v) is 16.6. The fourth-order valence-electron chi connectivity index (χ4n) is 5.34. The lowest BCUT2D eigenvalue weighted by Crippen LogP contribution is -2.36. The largest absolute Gasteiger partial charge is 0.448 e. The lowest BCUT2D eigenvalue weighted by atomic mass is 10.1. The molecule has 1 saturated heterocycles. The van der Waals surface area contributed by atoms with Crippen LogP contribution in [-0.2, 0) is 38.6 Å². The highest BCUT2D eigenvalue weighted by molar-refractivity contribution is 7.90. The van der Waals surface area contributed by atoms with Crippen LogP contribution in [0.3, 0.4) is 0 Å². The number of aryl methyl sites for hydroxylation is 2. The van der Waals surface area contributed by atoms with E-state index in [1.165, 1.54) is 18.2 Å². The molecule has 0 unspecified atom stereocenters. The van der Waals surface area contributed by atoms with Gasteiger partial charge in [-0.3, -0.25) is 9.36 Å². The Bertz CT molecular complexity index is 1840. The van der Waals surface area contributed by atoms with Crippen molar-refractivity contribution in [1.82, 2.24) is 19.2 Å². The Morgan fingerprint density at radius 2 is 1.76 bits per heavy atom. The molecule has 2 amide bonds. The Morgan fingerprint density at radius 3 is 2.43 bits per heavy atom. The van der Waals surface area contributed by atoms with E-state index in [9.17, 15) is 31.2 Å². The minimum atomic E-state index is -4.64. The molecular weight excluding hydrogens is 645 g/mol. The number of hydrogen-bond acceptors (Lipinski definition) is 6. The van der Waals surface area contributed by atoms with Gasteiger partial charge in [-0.1, -0.05) is 41.4 Å². The zero-order valence-electron chi connectivity index (χ0n) is 24.9. The summed E-state index contributed by atoms with van der Waals surface area (Å²) >= 11 is 6.08. The van der Waals surface area contributed by atoms with Crippen LogP contribution in [0, 0.1) is 6.92 Å². The second kappa shape index (κ2) is 13.7. The van der Waals surface area contributed by atoms with Crippen molar-refractivity contribution in [1.29, 1.82) is 0 Å². The summed E-state index contributed by atoms with van der Waals surface area (Å²) in [6, 6.07) is 15.3. The number of carbonyl (C=O) groups is 2. The number of hydrogen-bond donors (Lipinski definition) is 1. The zero-order valence-corrected chi connectivity index (χ0v) is 26.5. The van der Waals surface area contributed by atoms with Gasteiger partial charge < -0.3 is 9.64 Å². The number of carbonyl (C=O) groups excluding carboxylic acids is 2. The third-order valence-electron chi connectivity index (χ3n) is 7.74. The van der Waals surface area contributed by atoms with E-state index >= 15 is 0 Å². The van der Waals surface area contributed by atoms with Crippen molar-refractivity contribution in [3.05, 3.63) is 88.2 Å². The van der Waals surface area contributed by atoms with Crippen LogP contribution in [0.5, 0.6) is 0 Å². The van der Waals surface area contributed by atoms with Crippen molar-refractivity contribution < 1.29 is 35.9 Å². The molecule has 1 fully saturated rings. The number of ether oxygens (including phenoxy) is 1. The summed E-state index contributed by atoms with van der Waals surface area (Å²) in [5.41, 5.74) is 1.85. The van der Waals surface area contributed by atoms with Crippen LogP contribution in [-0.4, -0.2) is 54.6 Å². The second-order valence-electron chi connectivity index (χ2n) is 11.1. The van der Waals surface area contributed by atoms with E-state index in [-0.39, 0.29) is 29.3 Å². The lowest BCUT2D eigenvalue weighted by molar-refractivity contribution is -0.137. The Labute approximate surface area is 269 Å². The predicted molar refractivity (Wildman–Crippen MR) is 166 cm³/mol. The summed E-state index contributed by atoms with van der Waals surface area (Å²) in [5, 5.41) is -0.442. The number of alkyl halides is 3. The van der Waals surface area contributed by atoms with Gasteiger partial charge in [0, 0.05) is 38.0 Å². The number of imidazole rings is 1. The number of nitrogens with zero attached hydrogens (tertiary/aromatic N) is 3. The monoisotopic (exact) mass is 676 g/mol. The van der Waals surface area contributed by atoms with Crippen molar-refractivity contribution in [3.8, 4) is 5.69 Å². The summed E-state index contributed by atoms with van der Waals surface area (Å²) in [7, 11) is -4.08. The maximum absolute atomic E-state index is 13.6. The minimum Gasteiger partial charge on any atom is -0.448 e. The Kier molecular flexibility index (Phi) is 9.92. The fourth-order valence-corrected chi connectivity index (χ4v) is 6.49. The molecular formula is C32H32ClF3N4O5S. The normalized spacial score (nSPS) is 14.1. The van der Waals surface area contributed by atoms with Crippen LogP contribution >= 0.6 is 11.6 Å². The maximum Gasteiger partial charge on any atom is 0.421 e. The molecule has 0 radical (unpaired) electrons. The number of halogens is 4. The van der Waals surface area contributed by atoms with E-state index in [4.69, 9.17) is 16.3 Å². The molecule has 46 heavy (non-hydrogen) atoms. The highest BCUT2D eigenvalue weighted by Crippen LogP contribution is 2.38. The summed E-state index contributed by atoms with van der Waals surface area (Å²) in [4.78, 5) is 30.7. The number of aromatic nitrogens is 2.